The monoisotopic (exact) mass is 329 g/mol. The van der Waals surface area contributed by atoms with Crippen LogP contribution in [-0.2, 0) is 0 Å². The molecule has 0 aliphatic carbocycles. The van der Waals surface area contributed by atoms with E-state index >= 15 is 0 Å². The highest BCUT2D eigenvalue weighted by molar-refractivity contribution is 6.32. The van der Waals surface area contributed by atoms with Crippen LogP contribution < -0.4 is 4.74 Å². The van der Waals surface area contributed by atoms with Crippen LogP contribution in [0, 0.1) is 20.2 Å². The molecule has 0 bridgehead atoms. The molecule has 0 saturated heterocycles. The summed E-state index contributed by atoms with van der Waals surface area (Å²) in [5.74, 6) is -0.258. The van der Waals surface area contributed by atoms with Crippen LogP contribution in [0.25, 0.3) is 0 Å². The number of aromatic nitrogens is 1. The number of benzene rings is 1. The summed E-state index contributed by atoms with van der Waals surface area (Å²) in [6, 6.07) is 5.62. The molecule has 0 amide bonds. The first-order chi connectivity index (χ1) is 9.86. The molecule has 0 aliphatic heterocycles. The molecule has 0 fully saturated rings. The van der Waals surface area contributed by atoms with Crippen molar-refractivity contribution in [1.29, 1.82) is 0 Å². The highest BCUT2D eigenvalue weighted by atomic mass is 35.5. The zero-order valence-corrected chi connectivity index (χ0v) is 11.5. The molecule has 0 N–H and O–H groups in total. The van der Waals surface area contributed by atoms with E-state index in [2.05, 4.69) is 4.98 Å². The maximum Gasteiger partial charge on any atom is 0.277 e. The third kappa shape index (κ3) is 3.56. The number of nitrogens with zero attached hydrogens (tertiary/aromatic N) is 3. The number of nitro groups is 2. The molecule has 0 radical (unpaired) electrons. The second kappa shape index (κ2) is 5.90. The van der Waals surface area contributed by atoms with Crippen LogP contribution in [0.1, 0.15) is 0 Å². The molecular weight excluding hydrogens is 325 g/mol. The number of hydrogen-bond acceptors (Lipinski definition) is 6. The Bertz CT molecular complexity index is 738. The van der Waals surface area contributed by atoms with Gasteiger partial charge in [-0.1, -0.05) is 23.2 Å². The minimum atomic E-state index is -0.671. The molecule has 2 aromatic rings. The minimum Gasteiger partial charge on any atom is -0.437 e. The van der Waals surface area contributed by atoms with Crippen LogP contribution >= 0.6 is 23.2 Å². The van der Waals surface area contributed by atoms with Crippen molar-refractivity contribution in [3.05, 3.63) is 60.7 Å². The van der Waals surface area contributed by atoms with E-state index in [1.54, 1.807) is 0 Å². The van der Waals surface area contributed by atoms with Gasteiger partial charge in [0, 0.05) is 6.07 Å². The predicted octanol–water partition coefficient (Wildman–Crippen LogP) is 4.00. The summed E-state index contributed by atoms with van der Waals surface area (Å²) in [6.45, 7) is 0. The smallest absolute Gasteiger partial charge is 0.277 e. The molecular formula is C11H5Cl2N3O5. The standard InChI is InChI=1S/C11H5Cl2N3O5/c12-8-2-1-6(15(17)18)3-9(8)21-11-5-7(16(19)20)4-10(13)14-11/h1-5H. The Morgan fingerprint density at radius 1 is 1.00 bits per heavy atom. The van der Waals surface area contributed by atoms with Crippen molar-refractivity contribution in [3.8, 4) is 11.6 Å². The van der Waals surface area contributed by atoms with Crippen LogP contribution in [0.3, 0.4) is 0 Å². The van der Waals surface area contributed by atoms with E-state index in [9.17, 15) is 20.2 Å². The summed E-state index contributed by atoms with van der Waals surface area (Å²) in [6.07, 6.45) is 0. The van der Waals surface area contributed by atoms with Crippen molar-refractivity contribution in [1.82, 2.24) is 4.98 Å². The molecule has 0 atom stereocenters. The summed E-state index contributed by atoms with van der Waals surface area (Å²) in [5, 5.41) is 21.3. The topological polar surface area (TPSA) is 108 Å². The van der Waals surface area contributed by atoms with Crippen LogP contribution in [0.15, 0.2) is 30.3 Å². The van der Waals surface area contributed by atoms with E-state index in [0.717, 1.165) is 18.2 Å². The quantitative estimate of drug-likeness (QED) is 0.476. The van der Waals surface area contributed by atoms with Gasteiger partial charge < -0.3 is 4.74 Å². The molecule has 8 nitrogen and oxygen atoms in total. The average Bonchev–Trinajstić information content (AvgIpc) is 2.40. The zero-order chi connectivity index (χ0) is 15.6. The lowest BCUT2D eigenvalue weighted by Crippen LogP contribution is -1.94. The number of nitro benzene ring substituents is 1. The van der Waals surface area contributed by atoms with Gasteiger partial charge in [0.25, 0.3) is 11.4 Å². The second-order valence-electron chi connectivity index (χ2n) is 3.72. The van der Waals surface area contributed by atoms with Gasteiger partial charge in [-0.25, -0.2) is 4.98 Å². The normalized spacial score (nSPS) is 10.2. The van der Waals surface area contributed by atoms with Crippen molar-refractivity contribution in [2.45, 2.75) is 0 Å². The average molecular weight is 330 g/mol. The Kier molecular flexibility index (Phi) is 4.20. The molecule has 0 spiro atoms. The third-order valence-corrected chi connectivity index (χ3v) is 2.81. The Hall–Kier alpha value is -2.45. The fraction of sp³-hybridized carbons (Fsp3) is 0. The van der Waals surface area contributed by atoms with Gasteiger partial charge in [-0.2, -0.15) is 0 Å². The number of ether oxygens (including phenoxy) is 1. The molecule has 0 saturated carbocycles. The fourth-order valence-electron chi connectivity index (χ4n) is 1.41. The lowest BCUT2D eigenvalue weighted by atomic mass is 10.3. The Morgan fingerprint density at radius 3 is 2.29 bits per heavy atom. The molecule has 1 aromatic heterocycles. The first kappa shape index (κ1) is 14.9. The molecule has 2 rings (SSSR count). The molecule has 21 heavy (non-hydrogen) atoms. The maximum absolute atomic E-state index is 10.7. The maximum atomic E-state index is 10.7. The van der Waals surface area contributed by atoms with E-state index < -0.39 is 9.85 Å². The zero-order valence-electron chi connectivity index (χ0n) is 10.0. The van der Waals surface area contributed by atoms with Crippen LogP contribution in [0.2, 0.25) is 10.2 Å². The first-order valence-electron chi connectivity index (χ1n) is 5.30. The molecule has 1 aromatic carbocycles. The van der Waals surface area contributed by atoms with E-state index in [1.807, 2.05) is 0 Å². The van der Waals surface area contributed by atoms with E-state index in [1.165, 1.54) is 12.1 Å². The molecule has 0 aliphatic rings. The lowest BCUT2D eigenvalue weighted by molar-refractivity contribution is -0.385. The summed E-state index contributed by atoms with van der Waals surface area (Å²) in [7, 11) is 0. The van der Waals surface area contributed by atoms with Crippen molar-refractivity contribution in [2.75, 3.05) is 0 Å². The Balaban J connectivity index is 2.40. The second-order valence-corrected chi connectivity index (χ2v) is 4.51. The van der Waals surface area contributed by atoms with Gasteiger partial charge >= 0.3 is 0 Å². The molecule has 1 heterocycles. The number of pyridine rings is 1. The van der Waals surface area contributed by atoms with Crippen molar-refractivity contribution >= 4 is 34.6 Å². The van der Waals surface area contributed by atoms with E-state index in [-0.39, 0.29) is 33.2 Å². The summed E-state index contributed by atoms with van der Waals surface area (Å²) >= 11 is 11.5. The largest absolute Gasteiger partial charge is 0.437 e. The number of hydrogen-bond donors (Lipinski definition) is 0. The third-order valence-electron chi connectivity index (χ3n) is 2.31. The fourth-order valence-corrected chi connectivity index (χ4v) is 1.77. The SMILES string of the molecule is O=[N+]([O-])c1cc(Cl)nc(Oc2cc([N+](=O)[O-])ccc2Cl)c1. The summed E-state index contributed by atoms with van der Waals surface area (Å²) in [4.78, 5) is 23.9. The van der Waals surface area contributed by atoms with Crippen molar-refractivity contribution < 1.29 is 14.6 Å². The predicted molar refractivity (Wildman–Crippen MR) is 74.1 cm³/mol. The van der Waals surface area contributed by atoms with Gasteiger partial charge in [-0.15, -0.1) is 0 Å². The Morgan fingerprint density at radius 2 is 1.67 bits per heavy atom. The van der Waals surface area contributed by atoms with Gasteiger partial charge in [0.2, 0.25) is 5.88 Å². The van der Waals surface area contributed by atoms with E-state index in [4.69, 9.17) is 27.9 Å². The highest BCUT2D eigenvalue weighted by Gasteiger charge is 2.15. The molecule has 108 valence electrons. The summed E-state index contributed by atoms with van der Waals surface area (Å²) < 4.78 is 5.24. The van der Waals surface area contributed by atoms with Gasteiger partial charge in [-0.3, -0.25) is 20.2 Å². The molecule has 0 unspecified atom stereocenters. The molecule has 10 heteroatoms. The van der Waals surface area contributed by atoms with Crippen LogP contribution in [-0.4, -0.2) is 14.8 Å². The van der Waals surface area contributed by atoms with Crippen molar-refractivity contribution in [2.24, 2.45) is 0 Å². The first-order valence-corrected chi connectivity index (χ1v) is 6.06. The van der Waals surface area contributed by atoms with Crippen LogP contribution in [0.4, 0.5) is 11.4 Å². The van der Waals surface area contributed by atoms with Gasteiger partial charge in [0.05, 0.1) is 33.1 Å². The highest BCUT2D eigenvalue weighted by Crippen LogP contribution is 2.33. The van der Waals surface area contributed by atoms with Crippen molar-refractivity contribution in [3.63, 3.8) is 0 Å². The van der Waals surface area contributed by atoms with Gasteiger partial charge in [-0.05, 0) is 6.07 Å². The Labute approximate surface area is 127 Å². The lowest BCUT2D eigenvalue weighted by Gasteiger charge is -2.06. The van der Waals surface area contributed by atoms with Crippen LogP contribution in [0.5, 0.6) is 11.6 Å². The number of rotatable bonds is 4. The van der Waals surface area contributed by atoms with Gasteiger partial charge in [0.1, 0.15) is 5.15 Å². The van der Waals surface area contributed by atoms with E-state index in [0.29, 0.717) is 0 Å². The number of halogens is 2. The number of non-ortho nitro benzene ring substituents is 1. The minimum absolute atomic E-state index is 0.0602. The van der Waals surface area contributed by atoms with Gasteiger partial charge in [0.15, 0.2) is 5.75 Å². The summed E-state index contributed by atoms with van der Waals surface area (Å²) in [5.41, 5.74) is -0.572.